The van der Waals surface area contributed by atoms with Crippen molar-refractivity contribution in [2.45, 2.75) is 105 Å². The molecule has 0 bridgehead atoms. The first-order chi connectivity index (χ1) is 30.8. The fourth-order valence-corrected chi connectivity index (χ4v) is 8.25. The summed E-state index contributed by atoms with van der Waals surface area (Å²) in [6.07, 6.45) is 1.81. The molecule has 0 amide bonds. The number of rotatable bonds is 7. The van der Waals surface area contributed by atoms with Gasteiger partial charge in [-0.25, -0.2) is 4.98 Å². The Morgan fingerprint density at radius 3 is 1.94 bits per heavy atom. The molecule has 2 heterocycles. The normalized spacial score (nSPS) is 13.7. The summed E-state index contributed by atoms with van der Waals surface area (Å²) in [5, 5.41) is 12.5. The van der Waals surface area contributed by atoms with Crippen LogP contribution in [0, 0.1) is 6.85 Å². The third kappa shape index (κ3) is 8.23. The van der Waals surface area contributed by atoms with E-state index in [1.54, 1.807) is 12.1 Å². The average molecular weight is 820 g/mol. The van der Waals surface area contributed by atoms with Crippen molar-refractivity contribution in [3.63, 3.8) is 0 Å². The SMILES string of the molecule is [2H]C([2H])([2H])c1ccc(-c2ccnc(-c3cc(-c4cccc5c4nc(-c4cc(C(C)(C)C)cc(C(C)(C)C)c4O)n5-c4ccc(C([2H])(C)C)cc4-c4ccccc4)cc(C(C)(C)C)c3)c2)cc1. The molecule has 0 fully saturated rings. The number of benzene rings is 6. The second-order valence-electron chi connectivity index (χ2n) is 20.0. The van der Waals surface area contributed by atoms with E-state index in [1.165, 1.54) is 0 Å². The minimum absolute atomic E-state index is 0.204. The highest BCUT2D eigenvalue weighted by Crippen LogP contribution is 2.46. The number of imidazole rings is 1. The molecule has 0 unspecified atom stereocenters. The van der Waals surface area contributed by atoms with E-state index in [0.29, 0.717) is 17.0 Å². The molecule has 0 spiro atoms. The Morgan fingerprint density at radius 2 is 1.27 bits per heavy atom. The Kier molecular flexibility index (Phi) is 9.61. The Morgan fingerprint density at radius 1 is 0.581 bits per heavy atom. The maximum absolute atomic E-state index is 12.5. The zero-order valence-electron chi connectivity index (χ0n) is 42.1. The largest absolute Gasteiger partial charge is 0.507 e. The van der Waals surface area contributed by atoms with Gasteiger partial charge in [0.05, 0.1) is 28.0 Å². The smallest absolute Gasteiger partial charge is 0.149 e. The lowest BCUT2D eigenvalue weighted by molar-refractivity contribution is 0.446. The van der Waals surface area contributed by atoms with Gasteiger partial charge in [0.1, 0.15) is 11.6 Å². The van der Waals surface area contributed by atoms with Gasteiger partial charge in [0.2, 0.25) is 0 Å². The summed E-state index contributed by atoms with van der Waals surface area (Å²) in [4.78, 5) is 10.5. The van der Waals surface area contributed by atoms with E-state index in [4.69, 9.17) is 15.5 Å². The molecule has 314 valence electrons. The lowest BCUT2D eigenvalue weighted by atomic mass is 9.79. The number of hydrogen-bond acceptors (Lipinski definition) is 3. The van der Waals surface area contributed by atoms with Crippen LogP contribution >= 0.6 is 0 Å². The first-order valence-corrected chi connectivity index (χ1v) is 21.6. The quantitative estimate of drug-likeness (QED) is 0.174. The number of hydrogen-bond donors (Lipinski definition) is 1. The summed E-state index contributed by atoms with van der Waals surface area (Å²) < 4.78 is 34.8. The van der Waals surface area contributed by atoms with Crippen LogP contribution in [0.3, 0.4) is 0 Å². The van der Waals surface area contributed by atoms with Crippen molar-refractivity contribution in [3.8, 4) is 67.5 Å². The number of fused-ring (bicyclic) bond motifs is 1. The fraction of sp³-hybridized carbons (Fsp3) is 0.276. The maximum atomic E-state index is 12.5. The Balaban J connectivity index is 1.43. The summed E-state index contributed by atoms with van der Waals surface area (Å²) in [5.41, 5.74) is 14.1. The maximum Gasteiger partial charge on any atom is 0.149 e. The Labute approximate surface area is 375 Å². The highest BCUT2D eigenvalue weighted by atomic mass is 16.3. The fourth-order valence-electron chi connectivity index (χ4n) is 8.25. The number of aromatic hydroxyl groups is 1. The van der Waals surface area contributed by atoms with Gasteiger partial charge in [0, 0.05) is 33.9 Å². The van der Waals surface area contributed by atoms with E-state index in [9.17, 15) is 5.11 Å². The molecule has 8 aromatic rings. The number of phenols is 1. The van der Waals surface area contributed by atoms with Crippen LogP contribution in [-0.4, -0.2) is 19.6 Å². The van der Waals surface area contributed by atoms with Gasteiger partial charge < -0.3 is 5.11 Å². The first kappa shape index (κ1) is 37.5. The number of aromatic nitrogens is 3. The molecule has 0 saturated heterocycles. The van der Waals surface area contributed by atoms with E-state index < -0.39 is 12.7 Å². The molecular weight excluding hydrogens is 755 g/mol. The van der Waals surface area contributed by atoms with Crippen LogP contribution in [0.4, 0.5) is 0 Å². The lowest BCUT2D eigenvalue weighted by Crippen LogP contribution is -2.17. The van der Waals surface area contributed by atoms with Crippen molar-refractivity contribution in [3.05, 3.63) is 167 Å². The third-order valence-corrected chi connectivity index (χ3v) is 12.0. The van der Waals surface area contributed by atoms with E-state index >= 15 is 0 Å². The first-order valence-electron chi connectivity index (χ1n) is 23.6. The van der Waals surface area contributed by atoms with Crippen LogP contribution in [0.1, 0.15) is 115 Å². The van der Waals surface area contributed by atoms with Crippen LogP contribution in [-0.2, 0) is 16.2 Å². The van der Waals surface area contributed by atoms with Crippen LogP contribution in [0.2, 0.25) is 0 Å². The minimum Gasteiger partial charge on any atom is -0.507 e. The van der Waals surface area contributed by atoms with Gasteiger partial charge in [0.15, 0.2) is 0 Å². The topological polar surface area (TPSA) is 50.9 Å². The van der Waals surface area contributed by atoms with Crippen molar-refractivity contribution in [1.82, 2.24) is 14.5 Å². The molecule has 0 radical (unpaired) electrons. The van der Waals surface area contributed by atoms with Gasteiger partial charge >= 0.3 is 0 Å². The predicted molar refractivity (Wildman–Crippen MR) is 263 cm³/mol. The third-order valence-electron chi connectivity index (χ3n) is 12.0. The van der Waals surface area contributed by atoms with E-state index in [0.717, 1.165) is 83.6 Å². The van der Waals surface area contributed by atoms with E-state index in [1.807, 2.05) is 62.5 Å². The zero-order chi connectivity index (χ0) is 47.7. The monoisotopic (exact) mass is 820 g/mol. The summed E-state index contributed by atoms with van der Waals surface area (Å²) in [5.74, 6) is -0.0211. The lowest BCUT2D eigenvalue weighted by Gasteiger charge is -2.27. The van der Waals surface area contributed by atoms with Gasteiger partial charge in [0.25, 0.3) is 0 Å². The highest BCUT2D eigenvalue weighted by molar-refractivity contribution is 5.98. The van der Waals surface area contributed by atoms with E-state index in [-0.39, 0.29) is 22.0 Å². The number of aryl methyl sites for hydroxylation is 1. The molecule has 0 atom stereocenters. The predicted octanol–water partition coefficient (Wildman–Crippen LogP) is 15.8. The van der Waals surface area contributed by atoms with Crippen LogP contribution < -0.4 is 0 Å². The minimum atomic E-state index is -2.17. The molecule has 6 aromatic carbocycles. The van der Waals surface area contributed by atoms with Crippen molar-refractivity contribution in [1.29, 1.82) is 0 Å². The molecule has 1 N–H and O–H groups in total. The van der Waals surface area contributed by atoms with Crippen molar-refractivity contribution in [2.24, 2.45) is 0 Å². The molecule has 2 aromatic heterocycles. The van der Waals surface area contributed by atoms with Gasteiger partial charge in [-0.2, -0.15) is 0 Å². The molecule has 4 heteroatoms. The molecule has 8 rings (SSSR count). The highest BCUT2D eigenvalue weighted by Gasteiger charge is 2.29. The Hall–Kier alpha value is -6.26. The zero-order valence-corrected chi connectivity index (χ0v) is 38.1. The van der Waals surface area contributed by atoms with Crippen molar-refractivity contribution < 1.29 is 10.6 Å². The average Bonchev–Trinajstić information content (AvgIpc) is 3.64. The van der Waals surface area contributed by atoms with Gasteiger partial charge in [-0.15, -0.1) is 0 Å². The Bertz CT molecular complexity index is 3100. The molecule has 0 aliphatic carbocycles. The summed E-state index contributed by atoms with van der Waals surface area (Å²) in [7, 11) is 0. The van der Waals surface area contributed by atoms with Gasteiger partial charge in [-0.3, -0.25) is 9.55 Å². The molecule has 0 saturated carbocycles. The van der Waals surface area contributed by atoms with Crippen molar-refractivity contribution in [2.75, 3.05) is 0 Å². The second kappa shape index (κ2) is 15.9. The summed E-state index contributed by atoms with van der Waals surface area (Å²) in [6.45, 7) is 21.3. The van der Waals surface area contributed by atoms with E-state index in [2.05, 4.69) is 146 Å². The molecule has 0 aliphatic rings. The molecule has 62 heavy (non-hydrogen) atoms. The number of phenolic OH excluding ortho intramolecular Hbond substituents is 1. The van der Waals surface area contributed by atoms with Gasteiger partial charge in [-0.1, -0.05) is 167 Å². The number of para-hydroxylation sites is 1. The van der Waals surface area contributed by atoms with Gasteiger partial charge in [-0.05, 0) is 116 Å². The molecule has 4 nitrogen and oxygen atoms in total. The number of pyridine rings is 1. The second-order valence-corrected chi connectivity index (χ2v) is 20.0. The van der Waals surface area contributed by atoms with Crippen LogP contribution in [0.25, 0.3) is 72.7 Å². The van der Waals surface area contributed by atoms with Crippen LogP contribution in [0.15, 0.2) is 140 Å². The standard InChI is InChI=1S/C58H61N3O/c1-36(2)40-25-26-51(47(32-40)39-17-14-13-15-18-39)61-52-20-16-19-46(53(52)60-55(61)48-34-45(57(7,8)9)35-49(54(48)62)58(10,11)12)42-29-43(31-44(30-42)56(4,5)6)50-33-41(27-28-59-50)38-23-21-37(3)22-24-38/h13-36,62H,1-12H3/i3D3,36D. The van der Waals surface area contributed by atoms with Crippen molar-refractivity contribution >= 4 is 11.0 Å². The number of nitrogens with zero attached hydrogens (tertiary/aromatic N) is 3. The molecule has 0 aliphatic heterocycles. The summed E-state index contributed by atoms with van der Waals surface area (Å²) >= 11 is 0. The summed E-state index contributed by atoms with van der Waals surface area (Å²) in [6, 6.07) is 44.9. The van der Waals surface area contributed by atoms with Crippen LogP contribution in [0.5, 0.6) is 5.75 Å². The molecular formula is C58H61N3O.